The van der Waals surface area contributed by atoms with Gasteiger partial charge in [-0.15, -0.1) is 0 Å². The van der Waals surface area contributed by atoms with Crippen LogP contribution in [0.15, 0.2) is 48.5 Å². The van der Waals surface area contributed by atoms with Gasteiger partial charge in [0.05, 0.1) is 19.6 Å². The zero-order chi connectivity index (χ0) is 18.2. The molecule has 0 unspecified atom stereocenters. The first-order valence-electron chi connectivity index (χ1n) is 7.58. The topological polar surface area (TPSA) is 90.7 Å². The second-order valence-electron chi connectivity index (χ2n) is 5.29. The summed E-state index contributed by atoms with van der Waals surface area (Å²) in [7, 11) is 1.55. The van der Waals surface area contributed by atoms with Crippen molar-refractivity contribution in [3.05, 3.63) is 64.7 Å². The Bertz CT molecular complexity index is 734. The minimum Gasteiger partial charge on any atom is -0.496 e. The SMILES string of the molecule is COc1ccccc1COC(=O)C[C@@H](NC(N)=O)c1ccc(Cl)cc1. The molecule has 0 aliphatic carbocycles. The van der Waals surface area contributed by atoms with E-state index in [4.69, 9.17) is 26.8 Å². The van der Waals surface area contributed by atoms with Gasteiger partial charge in [0, 0.05) is 10.6 Å². The van der Waals surface area contributed by atoms with Crippen LogP contribution in [0.1, 0.15) is 23.6 Å². The van der Waals surface area contributed by atoms with E-state index in [-0.39, 0.29) is 13.0 Å². The number of ether oxygens (including phenoxy) is 2. The maximum absolute atomic E-state index is 12.2. The maximum atomic E-state index is 12.2. The van der Waals surface area contributed by atoms with E-state index in [0.717, 1.165) is 5.56 Å². The Labute approximate surface area is 150 Å². The van der Waals surface area contributed by atoms with Gasteiger partial charge < -0.3 is 20.5 Å². The van der Waals surface area contributed by atoms with Crippen molar-refractivity contribution in [3.63, 3.8) is 0 Å². The number of primary amides is 1. The van der Waals surface area contributed by atoms with Gasteiger partial charge in [0.25, 0.3) is 0 Å². The molecule has 0 radical (unpaired) electrons. The number of halogens is 1. The Balaban J connectivity index is 2.01. The summed E-state index contributed by atoms with van der Waals surface area (Å²) in [5, 5.41) is 3.09. The van der Waals surface area contributed by atoms with E-state index >= 15 is 0 Å². The van der Waals surface area contributed by atoms with Gasteiger partial charge in [-0.25, -0.2) is 4.79 Å². The Morgan fingerprint density at radius 3 is 2.48 bits per heavy atom. The standard InChI is InChI=1S/C18H19ClN2O4/c1-24-16-5-3-2-4-13(16)11-25-17(22)10-15(21-18(20)23)12-6-8-14(19)9-7-12/h2-9,15H,10-11H2,1H3,(H3,20,21,23)/t15-/m1/s1. The highest BCUT2D eigenvalue weighted by Crippen LogP contribution is 2.22. The van der Waals surface area contributed by atoms with E-state index in [9.17, 15) is 9.59 Å². The summed E-state index contributed by atoms with van der Waals surface area (Å²) < 4.78 is 10.5. The lowest BCUT2D eigenvalue weighted by Crippen LogP contribution is -2.34. The number of benzene rings is 2. The molecule has 0 aliphatic rings. The van der Waals surface area contributed by atoms with Gasteiger partial charge in [0.1, 0.15) is 12.4 Å². The summed E-state index contributed by atoms with van der Waals surface area (Å²) in [5.74, 6) is 0.166. The molecule has 3 N–H and O–H groups in total. The number of carbonyl (C=O) groups excluding carboxylic acids is 2. The lowest BCUT2D eigenvalue weighted by molar-refractivity contribution is -0.145. The first-order valence-corrected chi connectivity index (χ1v) is 7.96. The van der Waals surface area contributed by atoms with Crippen molar-refractivity contribution in [1.29, 1.82) is 0 Å². The van der Waals surface area contributed by atoms with E-state index < -0.39 is 18.0 Å². The predicted molar refractivity (Wildman–Crippen MR) is 94.3 cm³/mol. The monoisotopic (exact) mass is 362 g/mol. The van der Waals surface area contributed by atoms with Crippen LogP contribution in [0.25, 0.3) is 0 Å². The number of amides is 2. The van der Waals surface area contributed by atoms with Crippen molar-refractivity contribution >= 4 is 23.6 Å². The Kier molecular flexibility index (Phi) is 6.65. The average molecular weight is 363 g/mol. The number of esters is 1. The first-order chi connectivity index (χ1) is 12.0. The highest BCUT2D eigenvalue weighted by Gasteiger charge is 2.19. The minimum atomic E-state index is -0.725. The summed E-state index contributed by atoms with van der Waals surface area (Å²) in [6.45, 7) is 0.0761. The molecule has 2 aromatic rings. The molecule has 1 atom stereocenters. The van der Waals surface area contributed by atoms with E-state index in [1.165, 1.54) is 0 Å². The quantitative estimate of drug-likeness (QED) is 0.740. The maximum Gasteiger partial charge on any atom is 0.312 e. The molecule has 6 nitrogen and oxygen atoms in total. The van der Waals surface area contributed by atoms with Gasteiger partial charge in [-0.05, 0) is 23.8 Å². The number of methoxy groups -OCH3 is 1. The molecule has 132 valence electrons. The van der Waals surface area contributed by atoms with Gasteiger partial charge >= 0.3 is 12.0 Å². The predicted octanol–water partition coefficient (Wildman–Crippen LogP) is 3.19. The third-order valence-corrected chi connectivity index (χ3v) is 3.79. The molecule has 0 aromatic heterocycles. The number of carbonyl (C=O) groups is 2. The third-order valence-electron chi connectivity index (χ3n) is 3.54. The molecule has 0 saturated carbocycles. The molecule has 0 aliphatic heterocycles. The minimum absolute atomic E-state index is 0.0558. The van der Waals surface area contributed by atoms with Crippen LogP contribution in [-0.2, 0) is 16.1 Å². The van der Waals surface area contributed by atoms with Crippen LogP contribution in [0.2, 0.25) is 5.02 Å². The van der Waals surface area contributed by atoms with E-state index in [1.807, 2.05) is 18.2 Å². The molecule has 2 amide bonds. The number of hydrogen-bond donors (Lipinski definition) is 2. The number of urea groups is 1. The number of nitrogens with two attached hydrogens (primary N) is 1. The Morgan fingerprint density at radius 2 is 1.84 bits per heavy atom. The van der Waals surface area contributed by atoms with Crippen LogP contribution in [0.3, 0.4) is 0 Å². The highest BCUT2D eigenvalue weighted by molar-refractivity contribution is 6.30. The molecule has 0 bridgehead atoms. The zero-order valence-corrected chi connectivity index (χ0v) is 14.5. The van der Waals surface area contributed by atoms with Gasteiger partial charge in [0.2, 0.25) is 0 Å². The van der Waals surface area contributed by atoms with E-state index in [0.29, 0.717) is 16.3 Å². The summed E-state index contributed by atoms with van der Waals surface area (Å²) >= 11 is 5.86. The summed E-state index contributed by atoms with van der Waals surface area (Å²) in [6, 6.07) is 12.7. The molecule has 2 rings (SSSR count). The van der Waals surface area contributed by atoms with Crippen molar-refractivity contribution in [2.45, 2.75) is 19.1 Å². The van der Waals surface area contributed by atoms with E-state index in [2.05, 4.69) is 5.32 Å². The van der Waals surface area contributed by atoms with Crippen LogP contribution in [0.4, 0.5) is 4.79 Å². The van der Waals surface area contributed by atoms with Crippen LogP contribution in [0.5, 0.6) is 5.75 Å². The Hall–Kier alpha value is -2.73. The third kappa shape index (κ3) is 5.69. The molecule has 2 aromatic carbocycles. The number of rotatable bonds is 7. The van der Waals surface area contributed by atoms with Crippen LogP contribution >= 0.6 is 11.6 Å². The fourth-order valence-electron chi connectivity index (χ4n) is 2.33. The van der Waals surface area contributed by atoms with Crippen molar-refractivity contribution < 1.29 is 19.1 Å². The average Bonchev–Trinajstić information content (AvgIpc) is 2.60. The Morgan fingerprint density at radius 1 is 1.16 bits per heavy atom. The molecule has 0 saturated heterocycles. The van der Waals surface area contributed by atoms with Crippen LogP contribution in [0, 0.1) is 0 Å². The fourth-order valence-corrected chi connectivity index (χ4v) is 2.45. The molecule has 0 spiro atoms. The lowest BCUT2D eigenvalue weighted by atomic mass is 10.0. The molecular weight excluding hydrogens is 344 g/mol. The molecule has 0 fully saturated rings. The van der Waals surface area contributed by atoms with Crippen molar-refractivity contribution in [2.75, 3.05) is 7.11 Å². The number of para-hydroxylation sites is 1. The van der Waals surface area contributed by atoms with Crippen molar-refractivity contribution in [2.24, 2.45) is 5.73 Å². The molecular formula is C18H19ClN2O4. The number of nitrogens with one attached hydrogen (secondary N) is 1. The van der Waals surface area contributed by atoms with Crippen molar-refractivity contribution in [3.8, 4) is 5.75 Å². The largest absolute Gasteiger partial charge is 0.496 e. The van der Waals surface area contributed by atoms with Crippen LogP contribution < -0.4 is 15.8 Å². The number of hydrogen-bond acceptors (Lipinski definition) is 4. The van der Waals surface area contributed by atoms with Gasteiger partial charge in [0.15, 0.2) is 0 Å². The fraction of sp³-hybridized carbons (Fsp3) is 0.222. The summed E-state index contributed by atoms with van der Waals surface area (Å²) in [5.41, 5.74) is 6.65. The van der Waals surface area contributed by atoms with Gasteiger partial charge in [-0.1, -0.05) is 41.9 Å². The first kappa shape index (κ1) is 18.6. The van der Waals surface area contributed by atoms with Crippen molar-refractivity contribution in [1.82, 2.24) is 5.32 Å². The zero-order valence-electron chi connectivity index (χ0n) is 13.7. The normalized spacial score (nSPS) is 11.4. The molecule has 25 heavy (non-hydrogen) atoms. The van der Waals surface area contributed by atoms with E-state index in [1.54, 1.807) is 37.4 Å². The lowest BCUT2D eigenvalue weighted by Gasteiger charge is -2.17. The van der Waals surface area contributed by atoms with Gasteiger partial charge in [-0.3, -0.25) is 4.79 Å². The second-order valence-corrected chi connectivity index (χ2v) is 5.73. The second kappa shape index (κ2) is 8.94. The molecule has 0 heterocycles. The molecule has 7 heteroatoms. The smallest absolute Gasteiger partial charge is 0.312 e. The van der Waals surface area contributed by atoms with Crippen LogP contribution in [-0.4, -0.2) is 19.1 Å². The highest BCUT2D eigenvalue weighted by atomic mass is 35.5. The summed E-state index contributed by atoms with van der Waals surface area (Å²) in [6.07, 6.45) is -0.0558. The van der Waals surface area contributed by atoms with Gasteiger partial charge in [-0.2, -0.15) is 0 Å². The summed E-state index contributed by atoms with van der Waals surface area (Å²) in [4.78, 5) is 23.4.